The SMILES string of the molecule is CCC(=O)Cc1cn2c(=O)[nH]ccc2n1. The fourth-order valence-corrected chi connectivity index (χ4v) is 1.39. The lowest BCUT2D eigenvalue weighted by atomic mass is 10.2. The molecule has 0 radical (unpaired) electrons. The molecule has 2 aromatic heterocycles. The number of carbonyl (C=O) groups excluding carboxylic acids is 1. The Morgan fingerprint density at radius 2 is 2.40 bits per heavy atom. The normalized spacial score (nSPS) is 10.7. The summed E-state index contributed by atoms with van der Waals surface area (Å²) in [4.78, 5) is 29.3. The van der Waals surface area contributed by atoms with Gasteiger partial charge in [0, 0.05) is 18.8 Å². The molecule has 0 spiro atoms. The number of ketones is 1. The van der Waals surface area contributed by atoms with E-state index in [0.717, 1.165) is 0 Å². The fraction of sp³-hybridized carbons (Fsp3) is 0.300. The molecule has 0 amide bonds. The third-order valence-electron chi connectivity index (χ3n) is 2.21. The Balaban J connectivity index is 2.43. The van der Waals surface area contributed by atoms with Crippen molar-refractivity contribution in [2.45, 2.75) is 19.8 Å². The number of aromatic amines is 1. The number of nitrogens with zero attached hydrogens (tertiary/aromatic N) is 2. The Bertz CT molecular complexity index is 553. The molecule has 15 heavy (non-hydrogen) atoms. The first-order valence-corrected chi connectivity index (χ1v) is 4.78. The molecule has 2 heterocycles. The van der Waals surface area contributed by atoms with Gasteiger partial charge in [-0.1, -0.05) is 6.92 Å². The summed E-state index contributed by atoms with van der Waals surface area (Å²) in [5, 5.41) is 0. The molecule has 0 saturated carbocycles. The zero-order valence-corrected chi connectivity index (χ0v) is 8.36. The Morgan fingerprint density at radius 3 is 3.07 bits per heavy atom. The van der Waals surface area contributed by atoms with E-state index in [1.807, 2.05) is 6.92 Å². The van der Waals surface area contributed by atoms with Gasteiger partial charge < -0.3 is 4.98 Å². The monoisotopic (exact) mass is 205 g/mol. The Kier molecular flexibility index (Phi) is 2.37. The van der Waals surface area contributed by atoms with E-state index in [9.17, 15) is 9.59 Å². The second-order valence-corrected chi connectivity index (χ2v) is 3.31. The van der Waals surface area contributed by atoms with Crippen LogP contribution in [0.3, 0.4) is 0 Å². The summed E-state index contributed by atoms with van der Waals surface area (Å²) in [6.45, 7) is 1.81. The molecular weight excluding hydrogens is 194 g/mol. The lowest BCUT2D eigenvalue weighted by Gasteiger charge is -1.90. The summed E-state index contributed by atoms with van der Waals surface area (Å²) >= 11 is 0. The van der Waals surface area contributed by atoms with E-state index in [1.165, 1.54) is 10.6 Å². The highest BCUT2D eigenvalue weighted by atomic mass is 16.1. The van der Waals surface area contributed by atoms with Crippen molar-refractivity contribution in [1.82, 2.24) is 14.4 Å². The molecular formula is C10H11N3O2. The van der Waals surface area contributed by atoms with Crippen molar-refractivity contribution in [3.05, 3.63) is 34.6 Å². The molecule has 0 unspecified atom stereocenters. The number of hydrogen-bond donors (Lipinski definition) is 1. The van der Waals surface area contributed by atoms with E-state index in [0.29, 0.717) is 17.8 Å². The molecule has 78 valence electrons. The van der Waals surface area contributed by atoms with Gasteiger partial charge in [-0.05, 0) is 6.07 Å². The summed E-state index contributed by atoms with van der Waals surface area (Å²) in [7, 11) is 0. The van der Waals surface area contributed by atoms with Gasteiger partial charge in [0.05, 0.1) is 12.1 Å². The highest BCUT2D eigenvalue weighted by Crippen LogP contribution is 2.03. The van der Waals surface area contributed by atoms with E-state index in [4.69, 9.17) is 0 Å². The van der Waals surface area contributed by atoms with Crippen LogP contribution in [0.15, 0.2) is 23.3 Å². The van der Waals surface area contributed by atoms with Crippen molar-refractivity contribution in [2.75, 3.05) is 0 Å². The van der Waals surface area contributed by atoms with Gasteiger partial charge in [0.1, 0.15) is 11.4 Å². The number of fused-ring (bicyclic) bond motifs is 1. The average Bonchev–Trinajstić information content (AvgIpc) is 2.62. The topological polar surface area (TPSA) is 67.2 Å². The summed E-state index contributed by atoms with van der Waals surface area (Å²) in [6, 6.07) is 1.70. The van der Waals surface area contributed by atoms with Crippen LogP contribution in [0.5, 0.6) is 0 Å². The number of imidazole rings is 1. The average molecular weight is 205 g/mol. The number of Topliss-reactive ketones (excluding diaryl/α,β-unsaturated/α-hetero) is 1. The molecule has 2 rings (SSSR count). The van der Waals surface area contributed by atoms with Crippen molar-refractivity contribution in [3.63, 3.8) is 0 Å². The van der Waals surface area contributed by atoms with Crippen LogP contribution in [-0.4, -0.2) is 20.2 Å². The zero-order chi connectivity index (χ0) is 10.8. The van der Waals surface area contributed by atoms with Crippen LogP contribution in [0.1, 0.15) is 19.0 Å². The van der Waals surface area contributed by atoms with Crippen molar-refractivity contribution >= 4 is 11.4 Å². The van der Waals surface area contributed by atoms with Gasteiger partial charge in [0.15, 0.2) is 0 Å². The molecule has 5 nitrogen and oxygen atoms in total. The minimum atomic E-state index is -0.241. The number of nitrogens with one attached hydrogen (secondary N) is 1. The van der Waals surface area contributed by atoms with Crippen LogP contribution >= 0.6 is 0 Å². The standard InChI is InChI=1S/C10H11N3O2/c1-2-8(14)5-7-6-13-9(12-7)3-4-11-10(13)15/h3-4,6H,2,5H2,1H3,(H,11,15). The minimum absolute atomic E-state index is 0.120. The van der Waals surface area contributed by atoms with E-state index >= 15 is 0 Å². The maximum atomic E-state index is 11.3. The summed E-state index contributed by atoms with van der Waals surface area (Å²) in [5.74, 6) is 0.120. The molecule has 0 aliphatic carbocycles. The molecule has 0 aromatic carbocycles. The van der Waals surface area contributed by atoms with Crippen LogP contribution in [0.2, 0.25) is 0 Å². The number of rotatable bonds is 3. The van der Waals surface area contributed by atoms with Crippen LogP contribution in [-0.2, 0) is 11.2 Å². The summed E-state index contributed by atoms with van der Waals surface area (Å²) < 4.78 is 1.40. The maximum absolute atomic E-state index is 11.3. The van der Waals surface area contributed by atoms with Crippen LogP contribution in [0.4, 0.5) is 0 Å². The van der Waals surface area contributed by atoms with E-state index in [2.05, 4.69) is 9.97 Å². The molecule has 0 saturated heterocycles. The highest BCUT2D eigenvalue weighted by molar-refractivity contribution is 5.80. The smallest absolute Gasteiger partial charge is 0.314 e. The second-order valence-electron chi connectivity index (χ2n) is 3.31. The number of carbonyl (C=O) groups is 1. The summed E-state index contributed by atoms with van der Waals surface area (Å²) in [5.41, 5.74) is 0.964. The first kappa shape index (κ1) is 9.64. The van der Waals surface area contributed by atoms with E-state index < -0.39 is 0 Å². The van der Waals surface area contributed by atoms with E-state index in [-0.39, 0.29) is 17.9 Å². The molecule has 1 N–H and O–H groups in total. The molecule has 0 atom stereocenters. The van der Waals surface area contributed by atoms with Crippen molar-refractivity contribution in [1.29, 1.82) is 0 Å². The van der Waals surface area contributed by atoms with Gasteiger partial charge in [0.25, 0.3) is 0 Å². The predicted octanol–water partition coefficient (Wildman–Crippen LogP) is 0.544. The van der Waals surface area contributed by atoms with Gasteiger partial charge in [-0.15, -0.1) is 0 Å². The third kappa shape index (κ3) is 1.81. The number of hydrogen-bond acceptors (Lipinski definition) is 3. The van der Waals surface area contributed by atoms with Crippen molar-refractivity contribution in [3.8, 4) is 0 Å². The number of aromatic nitrogens is 3. The van der Waals surface area contributed by atoms with Crippen LogP contribution in [0, 0.1) is 0 Å². The van der Waals surface area contributed by atoms with Gasteiger partial charge in [0.2, 0.25) is 0 Å². The minimum Gasteiger partial charge on any atom is -0.314 e. The molecule has 0 bridgehead atoms. The molecule has 0 aliphatic heterocycles. The van der Waals surface area contributed by atoms with Crippen LogP contribution < -0.4 is 5.69 Å². The predicted molar refractivity (Wildman–Crippen MR) is 54.8 cm³/mol. The maximum Gasteiger partial charge on any atom is 0.331 e. The van der Waals surface area contributed by atoms with Gasteiger partial charge in [-0.2, -0.15) is 0 Å². The lowest BCUT2D eigenvalue weighted by Crippen LogP contribution is -2.13. The largest absolute Gasteiger partial charge is 0.331 e. The van der Waals surface area contributed by atoms with Crippen molar-refractivity contribution < 1.29 is 4.79 Å². The van der Waals surface area contributed by atoms with Gasteiger partial charge in [-0.25, -0.2) is 9.78 Å². The number of H-pyrrole nitrogens is 1. The first-order chi connectivity index (χ1) is 7.20. The molecule has 5 heteroatoms. The first-order valence-electron chi connectivity index (χ1n) is 4.78. The molecule has 0 fully saturated rings. The highest BCUT2D eigenvalue weighted by Gasteiger charge is 2.06. The summed E-state index contributed by atoms with van der Waals surface area (Å²) in [6.07, 6.45) is 3.92. The lowest BCUT2D eigenvalue weighted by molar-refractivity contribution is -0.118. The quantitative estimate of drug-likeness (QED) is 0.795. The van der Waals surface area contributed by atoms with Crippen LogP contribution in [0.25, 0.3) is 5.65 Å². The molecule has 2 aromatic rings. The van der Waals surface area contributed by atoms with Gasteiger partial charge >= 0.3 is 5.69 Å². The molecule has 0 aliphatic rings. The second kappa shape index (κ2) is 3.68. The van der Waals surface area contributed by atoms with Gasteiger partial charge in [-0.3, -0.25) is 9.20 Å². The Morgan fingerprint density at radius 1 is 1.60 bits per heavy atom. The fourth-order valence-electron chi connectivity index (χ4n) is 1.39. The third-order valence-corrected chi connectivity index (χ3v) is 2.21. The Hall–Kier alpha value is -1.91. The van der Waals surface area contributed by atoms with E-state index in [1.54, 1.807) is 12.3 Å². The zero-order valence-electron chi connectivity index (χ0n) is 8.36. The van der Waals surface area contributed by atoms with Crippen molar-refractivity contribution in [2.24, 2.45) is 0 Å². The Labute approximate surface area is 85.8 Å².